The number of rotatable bonds is 0. The van der Waals surface area contributed by atoms with Crippen molar-refractivity contribution in [2.45, 2.75) is 6.92 Å². The smallest absolute Gasteiger partial charge is 0.266 e. The summed E-state index contributed by atoms with van der Waals surface area (Å²) in [5, 5.41) is 0. The van der Waals surface area contributed by atoms with Gasteiger partial charge in [0.2, 0.25) is 0 Å². The molecule has 0 unspecified atom stereocenters. The summed E-state index contributed by atoms with van der Waals surface area (Å²) in [7, 11) is 0. The van der Waals surface area contributed by atoms with E-state index >= 15 is 0 Å². The molecular formula is C5H5BrN2OS. The minimum atomic E-state index is -0.193. The van der Waals surface area contributed by atoms with E-state index < -0.39 is 0 Å². The summed E-state index contributed by atoms with van der Waals surface area (Å²) < 4.78 is 0.854. The highest BCUT2D eigenvalue weighted by molar-refractivity contribution is 9.10. The number of aromatic nitrogens is 2. The minimum absolute atomic E-state index is 0.193. The molecule has 0 aliphatic heterocycles. The van der Waals surface area contributed by atoms with Gasteiger partial charge in [0, 0.05) is 5.69 Å². The quantitative estimate of drug-likeness (QED) is 0.652. The maximum Gasteiger partial charge on any atom is 0.266 e. The SMILES string of the molecule is Cc1[nH]c(=S)[nH]c(=O)c1Br. The molecule has 0 aromatic carbocycles. The monoisotopic (exact) mass is 220 g/mol. The first-order chi connectivity index (χ1) is 4.61. The average Bonchev–Trinajstić information content (AvgIpc) is 1.82. The Morgan fingerprint density at radius 1 is 1.50 bits per heavy atom. The Morgan fingerprint density at radius 2 is 2.10 bits per heavy atom. The highest BCUT2D eigenvalue weighted by atomic mass is 79.9. The van der Waals surface area contributed by atoms with Crippen molar-refractivity contribution in [2.24, 2.45) is 0 Å². The van der Waals surface area contributed by atoms with Gasteiger partial charge in [0.05, 0.1) is 0 Å². The van der Waals surface area contributed by atoms with Gasteiger partial charge in [0.25, 0.3) is 5.56 Å². The lowest BCUT2D eigenvalue weighted by molar-refractivity contribution is 1.02. The van der Waals surface area contributed by atoms with Gasteiger partial charge in [-0.2, -0.15) is 0 Å². The van der Waals surface area contributed by atoms with Crippen LogP contribution in [-0.4, -0.2) is 9.97 Å². The van der Waals surface area contributed by atoms with Crippen LogP contribution in [0.25, 0.3) is 0 Å². The number of aromatic amines is 2. The number of hydrogen-bond acceptors (Lipinski definition) is 2. The fraction of sp³-hybridized carbons (Fsp3) is 0.200. The summed E-state index contributed by atoms with van der Waals surface area (Å²) in [6.07, 6.45) is 0. The van der Waals surface area contributed by atoms with Crippen LogP contribution in [0.15, 0.2) is 9.27 Å². The number of halogens is 1. The Balaban J connectivity index is 3.62. The van der Waals surface area contributed by atoms with E-state index in [-0.39, 0.29) is 5.56 Å². The van der Waals surface area contributed by atoms with Gasteiger partial charge in [0.15, 0.2) is 4.77 Å². The van der Waals surface area contributed by atoms with Crippen molar-refractivity contribution in [3.63, 3.8) is 0 Å². The second-order valence-electron chi connectivity index (χ2n) is 1.85. The molecule has 2 N–H and O–H groups in total. The van der Waals surface area contributed by atoms with E-state index in [9.17, 15) is 4.79 Å². The maximum atomic E-state index is 10.9. The van der Waals surface area contributed by atoms with Crippen LogP contribution < -0.4 is 5.56 Å². The van der Waals surface area contributed by atoms with Gasteiger partial charge in [-0.1, -0.05) is 0 Å². The lowest BCUT2D eigenvalue weighted by Crippen LogP contribution is -2.09. The number of aryl methyl sites for hydroxylation is 1. The molecule has 0 bridgehead atoms. The normalized spacial score (nSPS) is 9.80. The van der Waals surface area contributed by atoms with Gasteiger partial charge in [-0.05, 0) is 35.1 Å². The highest BCUT2D eigenvalue weighted by Crippen LogP contribution is 2.04. The second-order valence-corrected chi connectivity index (χ2v) is 3.05. The van der Waals surface area contributed by atoms with Crippen molar-refractivity contribution in [1.82, 2.24) is 9.97 Å². The Kier molecular flexibility index (Phi) is 2.05. The predicted molar refractivity (Wildman–Crippen MR) is 44.7 cm³/mol. The van der Waals surface area contributed by atoms with Crippen LogP contribution in [-0.2, 0) is 0 Å². The van der Waals surface area contributed by atoms with Gasteiger partial charge in [-0.15, -0.1) is 0 Å². The van der Waals surface area contributed by atoms with Gasteiger partial charge in [-0.3, -0.25) is 9.78 Å². The number of nitrogens with one attached hydrogen (secondary N) is 2. The van der Waals surface area contributed by atoms with Crippen LogP contribution in [0.4, 0.5) is 0 Å². The van der Waals surface area contributed by atoms with E-state index in [4.69, 9.17) is 12.2 Å². The van der Waals surface area contributed by atoms with E-state index in [0.29, 0.717) is 9.24 Å². The van der Waals surface area contributed by atoms with Crippen LogP contribution in [0.3, 0.4) is 0 Å². The molecule has 1 aromatic heterocycles. The van der Waals surface area contributed by atoms with E-state index in [1.165, 1.54) is 0 Å². The lowest BCUT2D eigenvalue weighted by Gasteiger charge is -1.93. The average molecular weight is 221 g/mol. The fourth-order valence-electron chi connectivity index (χ4n) is 0.585. The molecule has 0 radical (unpaired) electrons. The topological polar surface area (TPSA) is 48.6 Å². The minimum Gasteiger partial charge on any atom is -0.335 e. The summed E-state index contributed by atoms with van der Waals surface area (Å²) in [5.74, 6) is 0. The van der Waals surface area contributed by atoms with Crippen LogP contribution in [0, 0.1) is 11.7 Å². The zero-order chi connectivity index (χ0) is 7.72. The highest BCUT2D eigenvalue weighted by Gasteiger charge is 1.97. The Hall–Kier alpha value is -0.420. The van der Waals surface area contributed by atoms with Crippen LogP contribution >= 0.6 is 28.1 Å². The number of H-pyrrole nitrogens is 2. The molecule has 0 saturated heterocycles. The first kappa shape index (κ1) is 7.68. The summed E-state index contributed by atoms with van der Waals surface area (Å²) in [6.45, 7) is 1.77. The Bertz CT molecular complexity index is 353. The van der Waals surface area contributed by atoms with E-state index in [2.05, 4.69) is 25.9 Å². The lowest BCUT2D eigenvalue weighted by atomic mass is 10.5. The predicted octanol–water partition coefficient (Wildman–Crippen LogP) is 1.50. The standard InChI is InChI=1S/C5H5BrN2OS/c1-2-3(6)4(9)8-5(10)7-2/h1H3,(H2,7,8,9,10). The molecule has 5 heteroatoms. The summed E-state index contributed by atoms with van der Waals surface area (Å²) in [5.41, 5.74) is 0.551. The summed E-state index contributed by atoms with van der Waals surface area (Å²) in [4.78, 5) is 16.1. The van der Waals surface area contributed by atoms with Crippen LogP contribution in [0.1, 0.15) is 5.69 Å². The third kappa shape index (κ3) is 1.35. The molecular weight excluding hydrogens is 216 g/mol. The molecule has 10 heavy (non-hydrogen) atoms. The molecule has 1 aromatic rings. The first-order valence-electron chi connectivity index (χ1n) is 2.60. The van der Waals surface area contributed by atoms with Gasteiger partial charge < -0.3 is 4.98 Å². The van der Waals surface area contributed by atoms with Crippen molar-refractivity contribution in [2.75, 3.05) is 0 Å². The van der Waals surface area contributed by atoms with Crippen LogP contribution in [0.5, 0.6) is 0 Å². The van der Waals surface area contributed by atoms with Crippen molar-refractivity contribution >= 4 is 28.1 Å². The summed E-state index contributed by atoms with van der Waals surface area (Å²) >= 11 is 7.81. The van der Waals surface area contributed by atoms with E-state index in [1.807, 2.05) is 0 Å². The molecule has 0 aliphatic carbocycles. The van der Waals surface area contributed by atoms with Gasteiger partial charge in [0.1, 0.15) is 4.47 Å². The molecule has 0 saturated carbocycles. The van der Waals surface area contributed by atoms with Crippen LogP contribution in [0.2, 0.25) is 0 Å². The number of hydrogen-bond donors (Lipinski definition) is 2. The molecule has 0 spiro atoms. The molecule has 3 nitrogen and oxygen atoms in total. The van der Waals surface area contributed by atoms with E-state index in [0.717, 1.165) is 5.69 Å². The third-order valence-electron chi connectivity index (χ3n) is 1.06. The zero-order valence-corrected chi connectivity index (χ0v) is 7.60. The van der Waals surface area contributed by atoms with Gasteiger partial charge >= 0.3 is 0 Å². The largest absolute Gasteiger partial charge is 0.335 e. The Labute approximate surface area is 70.6 Å². The fourth-order valence-corrected chi connectivity index (χ4v) is 1.03. The first-order valence-corrected chi connectivity index (χ1v) is 3.80. The molecule has 54 valence electrons. The third-order valence-corrected chi connectivity index (χ3v) is 2.22. The van der Waals surface area contributed by atoms with Crippen molar-refractivity contribution in [3.8, 4) is 0 Å². The Morgan fingerprint density at radius 3 is 2.60 bits per heavy atom. The molecule has 0 fully saturated rings. The molecule has 1 heterocycles. The molecule has 1 rings (SSSR count). The summed E-state index contributed by atoms with van der Waals surface area (Å²) in [6, 6.07) is 0. The van der Waals surface area contributed by atoms with E-state index in [1.54, 1.807) is 6.92 Å². The van der Waals surface area contributed by atoms with Gasteiger partial charge in [-0.25, -0.2) is 0 Å². The zero-order valence-electron chi connectivity index (χ0n) is 5.19. The maximum absolute atomic E-state index is 10.9. The molecule has 0 amide bonds. The molecule has 0 atom stereocenters. The molecule has 0 aliphatic rings. The second kappa shape index (κ2) is 2.67. The van der Waals surface area contributed by atoms with Crippen molar-refractivity contribution < 1.29 is 0 Å². The van der Waals surface area contributed by atoms with Crippen molar-refractivity contribution in [3.05, 3.63) is 25.3 Å². The van der Waals surface area contributed by atoms with Crippen molar-refractivity contribution in [1.29, 1.82) is 0 Å².